The molecule has 1 saturated carbocycles. The van der Waals surface area contributed by atoms with E-state index in [1.165, 1.54) is 19.3 Å². The largest absolute Gasteiger partial charge is 0.399 e. The normalized spacial score (nSPS) is 16.4. The molecule has 2 rings (SSSR count). The number of anilines is 2. The molecule has 5 heteroatoms. The number of hydrogen-bond acceptors (Lipinski definition) is 4. The molecule has 0 radical (unpaired) electrons. The van der Waals surface area contributed by atoms with Crippen molar-refractivity contribution in [3.8, 4) is 0 Å². The third-order valence-electron chi connectivity index (χ3n) is 4.47. The first-order valence-electron chi connectivity index (χ1n) is 7.57. The van der Waals surface area contributed by atoms with Gasteiger partial charge in [-0.25, -0.2) is 0 Å². The summed E-state index contributed by atoms with van der Waals surface area (Å²) in [6, 6.07) is 5.39. The zero-order chi connectivity index (χ0) is 15.5. The van der Waals surface area contributed by atoms with Gasteiger partial charge in [-0.15, -0.1) is 0 Å². The van der Waals surface area contributed by atoms with E-state index in [1.807, 2.05) is 13.0 Å². The van der Waals surface area contributed by atoms with Gasteiger partial charge in [-0.05, 0) is 58.5 Å². The van der Waals surface area contributed by atoms with Crippen LogP contribution >= 0.6 is 0 Å². The number of rotatable bonds is 6. The van der Waals surface area contributed by atoms with E-state index in [0.717, 1.165) is 12.2 Å². The average molecular weight is 290 g/mol. The number of nitrogen functional groups attached to an aromatic ring is 1. The van der Waals surface area contributed by atoms with E-state index in [9.17, 15) is 4.79 Å². The summed E-state index contributed by atoms with van der Waals surface area (Å²) in [5, 5.41) is 6.27. The van der Waals surface area contributed by atoms with Gasteiger partial charge in [-0.1, -0.05) is 0 Å². The summed E-state index contributed by atoms with van der Waals surface area (Å²) in [5.74, 6) is -0.0625. The predicted molar refractivity (Wildman–Crippen MR) is 87.6 cm³/mol. The molecule has 0 unspecified atom stereocenters. The quantitative estimate of drug-likeness (QED) is 0.700. The number of amides is 1. The van der Waals surface area contributed by atoms with Crippen LogP contribution in [0, 0.1) is 0 Å². The van der Waals surface area contributed by atoms with Gasteiger partial charge in [0.2, 0.25) is 0 Å². The smallest absolute Gasteiger partial charge is 0.253 e. The Hall–Kier alpha value is -1.75. The fourth-order valence-corrected chi connectivity index (χ4v) is 2.79. The Morgan fingerprint density at radius 2 is 2.10 bits per heavy atom. The standard InChI is InChI=1S/C16H26N4O/c1-4-18-15(21)13-7-6-12(17)10-14(13)19-11-16(20(2)3)8-5-9-16/h6-7,10,19H,4-5,8-9,11,17H2,1-3H3,(H,18,21). The fraction of sp³-hybridized carbons (Fsp3) is 0.562. The number of carbonyl (C=O) groups excluding carboxylic acids is 1. The van der Waals surface area contributed by atoms with Crippen molar-refractivity contribution in [3.05, 3.63) is 23.8 Å². The number of carbonyl (C=O) groups is 1. The minimum absolute atomic E-state index is 0.0625. The summed E-state index contributed by atoms with van der Waals surface area (Å²) in [6.07, 6.45) is 3.64. The second kappa shape index (κ2) is 6.35. The van der Waals surface area contributed by atoms with Crippen molar-refractivity contribution < 1.29 is 4.79 Å². The number of nitrogens with one attached hydrogen (secondary N) is 2. The Labute approximate surface area is 126 Å². The van der Waals surface area contributed by atoms with Crippen LogP contribution in [-0.2, 0) is 0 Å². The summed E-state index contributed by atoms with van der Waals surface area (Å²) >= 11 is 0. The van der Waals surface area contributed by atoms with Gasteiger partial charge in [0.15, 0.2) is 0 Å². The van der Waals surface area contributed by atoms with Gasteiger partial charge < -0.3 is 21.3 Å². The molecule has 1 aromatic carbocycles. The molecule has 1 aromatic rings. The van der Waals surface area contributed by atoms with Crippen molar-refractivity contribution in [2.75, 3.05) is 38.2 Å². The molecule has 0 spiro atoms. The lowest BCUT2D eigenvalue weighted by Gasteiger charge is -2.47. The highest BCUT2D eigenvalue weighted by Gasteiger charge is 2.38. The summed E-state index contributed by atoms with van der Waals surface area (Å²) in [4.78, 5) is 14.4. The first-order valence-corrected chi connectivity index (χ1v) is 7.57. The minimum atomic E-state index is -0.0625. The Balaban J connectivity index is 2.15. The molecular weight excluding hydrogens is 264 g/mol. The van der Waals surface area contributed by atoms with E-state index in [4.69, 9.17) is 5.73 Å². The summed E-state index contributed by atoms with van der Waals surface area (Å²) in [6.45, 7) is 3.36. The van der Waals surface area contributed by atoms with Gasteiger partial charge in [0.05, 0.1) is 5.56 Å². The number of hydrogen-bond donors (Lipinski definition) is 3. The lowest BCUT2D eigenvalue weighted by atomic mass is 9.75. The van der Waals surface area contributed by atoms with Crippen molar-refractivity contribution in [1.29, 1.82) is 0 Å². The summed E-state index contributed by atoms with van der Waals surface area (Å²) < 4.78 is 0. The second-order valence-corrected chi connectivity index (χ2v) is 5.99. The van der Waals surface area contributed by atoms with Crippen LogP contribution in [0.25, 0.3) is 0 Å². The van der Waals surface area contributed by atoms with Crippen molar-refractivity contribution in [2.24, 2.45) is 0 Å². The molecule has 21 heavy (non-hydrogen) atoms. The molecule has 1 aliphatic carbocycles. The SMILES string of the molecule is CCNC(=O)c1ccc(N)cc1NCC1(N(C)C)CCC1. The molecule has 0 aliphatic heterocycles. The molecule has 0 saturated heterocycles. The van der Waals surface area contributed by atoms with E-state index < -0.39 is 0 Å². The zero-order valence-corrected chi connectivity index (χ0v) is 13.2. The maximum Gasteiger partial charge on any atom is 0.253 e. The van der Waals surface area contributed by atoms with Crippen LogP contribution in [0.2, 0.25) is 0 Å². The maximum absolute atomic E-state index is 12.1. The van der Waals surface area contributed by atoms with Crippen LogP contribution in [0.15, 0.2) is 18.2 Å². The molecule has 0 bridgehead atoms. The highest BCUT2D eigenvalue weighted by Crippen LogP contribution is 2.36. The van der Waals surface area contributed by atoms with Crippen LogP contribution in [0.1, 0.15) is 36.5 Å². The van der Waals surface area contributed by atoms with Gasteiger partial charge in [-0.3, -0.25) is 4.79 Å². The maximum atomic E-state index is 12.1. The molecule has 5 nitrogen and oxygen atoms in total. The van der Waals surface area contributed by atoms with Crippen molar-refractivity contribution in [2.45, 2.75) is 31.7 Å². The molecule has 1 fully saturated rings. The third-order valence-corrected chi connectivity index (χ3v) is 4.47. The van der Waals surface area contributed by atoms with Crippen LogP contribution in [0.3, 0.4) is 0 Å². The van der Waals surface area contributed by atoms with E-state index in [-0.39, 0.29) is 11.4 Å². The van der Waals surface area contributed by atoms with Crippen LogP contribution in [-0.4, -0.2) is 43.5 Å². The monoisotopic (exact) mass is 290 g/mol. The molecule has 0 aromatic heterocycles. The molecule has 0 atom stereocenters. The number of nitrogens with two attached hydrogens (primary N) is 1. The zero-order valence-electron chi connectivity index (χ0n) is 13.2. The number of nitrogens with zero attached hydrogens (tertiary/aromatic N) is 1. The first kappa shape index (κ1) is 15.6. The van der Waals surface area contributed by atoms with E-state index in [2.05, 4.69) is 29.6 Å². The van der Waals surface area contributed by atoms with E-state index in [0.29, 0.717) is 17.8 Å². The topological polar surface area (TPSA) is 70.4 Å². The van der Waals surface area contributed by atoms with Gasteiger partial charge in [0.1, 0.15) is 0 Å². The van der Waals surface area contributed by atoms with Crippen LogP contribution in [0.5, 0.6) is 0 Å². The Morgan fingerprint density at radius 1 is 1.38 bits per heavy atom. The average Bonchev–Trinajstić information content (AvgIpc) is 2.37. The molecule has 4 N–H and O–H groups in total. The van der Waals surface area contributed by atoms with Gasteiger partial charge in [-0.2, -0.15) is 0 Å². The summed E-state index contributed by atoms with van der Waals surface area (Å²) in [7, 11) is 4.23. The number of likely N-dealkylation sites (N-methyl/N-ethyl adjacent to an activating group) is 1. The predicted octanol–water partition coefficient (Wildman–Crippen LogP) is 1.91. The van der Waals surface area contributed by atoms with Gasteiger partial charge >= 0.3 is 0 Å². The number of benzene rings is 1. The van der Waals surface area contributed by atoms with Crippen LogP contribution < -0.4 is 16.4 Å². The Bertz CT molecular complexity index is 509. The summed E-state index contributed by atoms with van der Waals surface area (Å²) in [5.41, 5.74) is 8.19. The highest BCUT2D eigenvalue weighted by molar-refractivity contribution is 6.00. The van der Waals surface area contributed by atoms with Crippen molar-refractivity contribution in [3.63, 3.8) is 0 Å². The molecule has 0 heterocycles. The molecule has 1 aliphatic rings. The van der Waals surface area contributed by atoms with E-state index >= 15 is 0 Å². The van der Waals surface area contributed by atoms with Gasteiger partial charge in [0, 0.05) is 30.0 Å². The molecular formula is C16H26N4O. The minimum Gasteiger partial charge on any atom is -0.399 e. The van der Waals surface area contributed by atoms with Gasteiger partial charge in [0.25, 0.3) is 5.91 Å². The highest BCUT2D eigenvalue weighted by atomic mass is 16.1. The lowest BCUT2D eigenvalue weighted by Crippen LogP contribution is -2.54. The van der Waals surface area contributed by atoms with Crippen molar-refractivity contribution in [1.82, 2.24) is 10.2 Å². The second-order valence-electron chi connectivity index (χ2n) is 5.99. The fourth-order valence-electron chi connectivity index (χ4n) is 2.79. The lowest BCUT2D eigenvalue weighted by molar-refractivity contribution is 0.0738. The van der Waals surface area contributed by atoms with Crippen LogP contribution in [0.4, 0.5) is 11.4 Å². The Kier molecular flexibility index (Phi) is 4.73. The molecule has 116 valence electrons. The third kappa shape index (κ3) is 3.29. The first-order chi connectivity index (χ1) is 9.98. The molecule has 1 amide bonds. The Morgan fingerprint density at radius 3 is 2.62 bits per heavy atom. The van der Waals surface area contributed by atoms with E-state index in [1.54, 1.807) is 12.1 Å². The van der Waals surface area contributed by atoms with Crippen molar-refractivity contribution >= 4 is 17.3 Å².